The van der Waals surface area contributed by atoms with Crippen molar-refractivity contribution in [3.05, 3.63) is 35.9 Å². The molecule has 0 saturated carbocycles. The van der Waals surface area contributed by atoms with Gasteiger partial charge in [-0.3, -0.25) is 4.57 Å². The van der Waals surface area contributed by atoms with Gasteiger partial charge >= 0.3 is 13.6 Å². The van der Waals surface area contributed by atoms with Crippen molar-refractivity contribution < 1.29 is 27.9 Å². The van der Waals surface area contributed by atoms with Crippen molar-refractivity contribution in [1.29, 1.82) is 0 Å². The van der Waals surface area contributed by atoms with Crippen LogP contribution in [0.2, 0.25) is 0 Å². The summed E-state index contributed by atoms with van der Waals surface area (Å²) in [7, 11) is -3.14. The summed E-state index contributed by atoms with van der Waals surface area (Å²) in [5, 5.41) is 0. The molecule has 0 amide bonds. The molecule has 3 atom stereocenters. The molecular formula is C20H31O6P. The fourth-order valence-electron chi connectivity index (χ4n) is 3.22. The molecule has 1 fully saturated rings. The summed E-state index contributed by atoms with van der Waals surface area (Å²) in [6.45, 7) is 6.70. The number of rotatable bonds is 10. The first-order valence-corrected chi connectivity index (χ1v) is 11.5. The Labute approximate surface area is 162 Å². The van der Waals surface area contributed by atoms with Crippen molar-refractivity contribution in [2.45, 2.75) is 52.2 Å². The van der Waals surface area contributed by atoms with Gasteiger partial charge in [0, 0.05) is 6.42 Å². The summed E-state index contributed by atoms with van der Waals surface area (Å²) >= 11 is 0. The Hall–Kier alpha value is -1.20. The minimum atomic E-state index is -3.14. The Morgan fingerprint density at radius 1 is 1.15 bits per heavy atom. The molecule has 0 bridgehead atoms. The Morgan fingerprint density at radius 2 is 1.81 bits per heavy atom. The van der Waals surface area contributed by atoms with Gasteiger partial charge in [-0.15, -0.1) is 0 Å². The van der Waals surface area contributed by atoms with E-state index < -0.39 is 7.60 Å². The number of carbonyl (C=O) groups excluding carboxylic acids is 1. The zero-order valence-corrected chi connectivity index (χ0v) is 17.4. The lowest BCUT2D eigenvalue weighted by Crippen LogP contribution is -2.37. The summed E-state index contributed by atoms with van der Waals surface area (Å²) in [5.74, 6) is -0.0455. The highest BCUT2D eigenvalue weighted by atomic mass is 31.2. The van der Waals surface area contributed by atoms with E-state index in [1.165, 1.54) is 0 Å². The molecule has 7 heteroatoms. The summed E-state index contributed by atoms with van der Waals surface area (Å²) < 4.78 is 35.1. The molecule has 1 aromatic rings. The zero-order chi connectivity index (χ0) is 19.7. The van der Waals surface area contributed by atoms with Crippen LogP contribution in [0.25, 0.3) is 0 Å². The van der Waals surface area contributed by atoms with Crippen LogP contribution in [0, 0.1) is 5.92 Å². The molecule has 2 rings (SSSR count). The molecule has 1 aliphatic heterocycles. The van der Waals surface area contributed by atoms with Crippen LogP contribution in [0.4, 0.5) is 0 Å². The van der Waals surface area contributed by atoms with Crippen LogP contribution in [0.5, 0.6) is 0 Å². The third-order valence-corrected chi connectivity index (χ3v) is 6.79. The van der Waals surface area contributed by atoms with Gasteiger partial charge in [0.2, 0.25) is 0 Å². The second-order valence-electron chi connectivity index (χ2n) is 6.77. The second kappa shape index (κ2) is 11.0. The van der Waals surface area contributed by atoms with Crippen LogP contribution in [0.1, 0.15) is 50.4 Å². The number of hydrogen-bond acceptors (Lipinski definition) is 6. The molecule has 0 aromatic heterocycles. The third kappa shape index (κ3) is 7.04. The monoisotopic (exact) mass is 398 g/mol. The van der Waals surface area contributed by atoms with Crippen LogP contribution >= 0.6 is 7.60 Å². The standard InChI is InChI=1S/C20H31O6P/c1-4-24-27(22,25-5-2)15-19-16(3)11-12-18(26-19)13-14-23-20(21)17-9-7-6-8-10-17/h6-10,16,18-19H,4-5,11-15H2,1-3H3/t16-,18+,19+/m0/s1. The van der Waals surface area contributed by atoms with E-state index in [-0.39, 0.29) is 30.3 Å². The quantitative estimate of drug-likeness (QED) is 0.421. The van der Waals surface area contributed by atoms with Crippen LogP contribution in [-0.4, -0.2) is 44.2 Å². The van der Waals surface area contributed by atoms with Crippen molar-refractivity contribution >= 4 is 13.6 Å². The number of carbonyl (C=O) groups is 1. The zero-order valence-electron chi connectivity index (χ0n) is 16.5. The van der Waals surface area contributed by atoms with E-state index in [0.717, 1.165) is 12.8 Å². The smallest absolute Gasteiger partial charge is 0.338 e. The van der Waals surface area contributed by atoms with Crippen molar-refractivity contribution in [3.63, 3.8) is 0 Å². The molecular weight excluding hydrogens is 367 g/mol. The first-order valence-electron chi connectivity index (χ1n) is 9.73. The molecule has 27 heavy (non-hydrogen) atoms. The first kappa shape index (κ1) is 22.1. The van der Waals surface area contributed by atoms with Crippen LogP contribution in [-0.2, 0) is 23.1 Å². The average molecular weight is 398 g/mol. The summed E-state index contributed by atoms with van der Waals surface area (Å²) in [6.07, 6.45) is 2.55. The topological polar surface area (TPSA) is 71.1 Å². The van der Waals surface area contributed by atoms with Gasteiger partial charge in [-0.05, 0) is 44.7 Å². The summed E-state index contributed by atoms with van der Waals surface area (Å²) in [5.41, 5.74) is 0.544. The number of hydrogen-bond donors (Lipinski definition) is 0. The predicted molar refractivity (Wildman–Crippen MR) is 104 cm³/mol. The molecule has 0 N–H and O–H groups in total. The van der Waals surface area contributed by atoms with Gasteiger partial charge < -0.3 is 18.5 Å². The minimum Gasteiger partial charge on any atom is -0.462 e. The Morgan fingerprint density at radius 3 is 2.44 bits per heavy atom. The molecule has 0 aliphatic carbocycles. The van der Waals surface area contributed by atoms with E-state index in [1.54, 1.807) is 26.0 Å². The van der Waals surface area contributed by atoms with Gasteiger partial charge in [0.15, 0.2) is 0 Å². The van der Waals surface area contributed by atoms with Crippen LogP contribution < -0.4 is 0 Å². The molecule has 1 heterocycles. The highest BCUT2D eigenvalue weighted by molar-refractivity contribution is 7.53. The largest absolute Gasteiger partial charge is 0.462 e. The van der Waals surface area contributed by atoms with Crippen molar-refractivity contribution in [2.75, 3.05) is 26.0 Å². The molecule has 0 spiro atoms. The van der Waals surface area contributed by atoms with Gasteiger partial charge in [-0.25, -0.2) is 4.79 Å². The number of benzene rings is 1. The van der Waals surface area contributed by atoms with Gasteiger partial charge in [0.05, 0.1) is 43.8 Å². The van der Waals surface area contributed by atoms with Crippen LogP contribution in [0.15, 0.2) is 30.3 Å². The Kier molecular flexibility index (Phi) is 8.97. The highest BCUT2D eigenvalue weighted by Gasteiger charge is 2.36. The van der Waals surface area contributed by atoms with Crippen molar-refractivity contribution in [3.8, 4) is 0 Å². The highest BCUT2D eigenvalue weighted by Crippen LogP contribution is 2.50. The second-order valence-corrected chi connectivity index (χ2v) is 8.87. The van der Waals surface area contributed by atoms with Gasteiger partial charge in [0.25, 0.3) is 0 Å². The molecule has 1 aliphatic rings. The van der Waals surface area contributed by atoms with Crippen LogP contribution in [0.3, 0.4) is 0 Å². The maximum absolute atomic E-state index is 12.8. The van der Waals surface area contributed by atoms with E-state index in [2.05, 4.69) is 6.92 Å². The number of ether oxygens (including phenoxy) is 2. The fourth-order valence-corrected chi connectivity index (χ4v) is 5.18. The predicted octanol–water partition coefficient (Wildman–Crippen LogP) is 4.68. The molecule has 0 unspecified atom stereocenters. The average Bonchev–Trinajstić information content (AvgIpc) is 2.65. The maximum Gasteiger partial charge on any atom is 0.338 e. The normalized spacial score (nSPS) is 23.1. The van der Waals surface area contributed by atoms with E-state index in [9.17, 15) is 9.36 Å². The third-order valence-electron chi connectivity index (χ3n) is 4.68. The van der Waals surface area contributed by atoms with E-state index in [0.29, 0.717) is 31.8 Å². The van der Waals surface area contributed by atoms with E-state index >= 15 is 0 Å². The van der Waals surface area contributed by atoms with Crippen molar-refractivity contribution in [2.24, 2.45) is 5.92 Å². The first-order chi connectivity index (χ1) is 13.0. The molecule has 0 radical (unpaired) electrons. The Bertz CT molecular complexity index is 610. The van der Waals surface area contributed by atoms with E-state index in [4.69, 9.17) is 18.5 Å². The fraction of sp³-hybridized carbons (Fsp3) is 0.650. The molecule has 1 aromatic carbocycles. The Balaban J connectivity index is 1.83. The molecule has 6 nitrogen and oxygen atoms in total. The van der Waals surface area contributed by atoms with E-state index in [1.807, 2.05) is 18.2 Å². The summed E-state index contributed by atoms with van der Waals surface area (Å²) in [4.78, 5) is 12.0. The van der Waals surface area contributed by atoms with Gasteiger partial charge in [-0.2, -0.15) is 0 Å². The molecule has 152 valence electrons. The van der Waals surface area contributed by atoms with Crippen molar-refractivity contribution in [1.82, 2.24) is 0 Å². The molecule has 1 saturated heterocycles. The number of esters is 1. The maximum atomic E-state index is 12.8. The SMILES string of the molecule is CCOP(=O)(C[C@H]1O[C@@H](CCOC(=O)c2ccccc2)CC[C@@H]1C)OCC. The van der Waals surface area contributed by atoms with Gasteiger partial charge in [-0.1, -0.05) is 25.1 Å². The lowest BCUT2D eigenvalue weighted by Gasteiger charge is -2.36. The minimum absolute atomic E-state index is 0.0218. The summed E-state index contributed by atoms with van der Waals surface area (Å²) in [6, 6.07) is 8.94. The lowest BCUT2D eigenvalue weighted by atomic mass is 9.93. The van der Waals surface area contributed by atoms with Gasteiger partial charge in [0.1, 0.15) is 0 Å². The lowest BCUT2D eigenvalue weighted by molar-refractivity contribution is -0.0774.